The Morgan fingerprint density at radius 1 is 1.15 bits per heavy atom. The van der Waals surface area contributed by atoms with E-state index in [2.05, 4.69) is 26.2 Å². The Bertz CT molecular complexity index is 934. The number of amides is 1. The maximum Gasteiger partial charge on any atom is 0.276 e. The van der Waals surface area contributed by atoms with E-state index < -0.39 is 0 Å². The summed E-state index contributed by atoms with van der Waals surface area (Å²) in [4.78, 5) is 14.8. The average molecular weight is 411 g/mol. The first-order valence-electron chi connectivity index (χ1n) is 8.65. The van der Waals surface area contributed by atoms with Crippen molar-refractivity contribution in [2.45, 2.75) is 25.3 Å². The van der Waals surface area contributed by atoms with Crippen molar-refractivity contribution in [3.05, 3.63) is 76.0 Å². The summed E-state index contributed by atoms with van der Waals surface area (Å²) in [5.41, 5.74) is 3.40. The summed E-state index contributed by atoms with van der Waals surface area (Å²) in [6, 6.07) is 17.8. The summed E-state index contributed by atoms with van der Waals surface area (Å²) in [5, 5.41) is 8.53. The second kappa shape index (κ2) is 7.03. The molecule has 26 heavy (non-hydrogen) atoms. The molecule has 1 aliphatic carbocycles. The molecule has 6 heteroatoms. The molecular formula is C20H19BrN4O. The fourth-order valence-electron chi connectivity index (χ4n) is 3.06. The van der Waals surface area contributed by atoms with E-state index in [-0.39, 0.29) is 5.91 Å². The van der Waals surface area contributed by atoms with Crippen molar-refractivity contribution in [1.82, 2.24) is 19.9 Å². The van der Waals surface area contributed by atoms with E-state index in [1.165, 1.54) is 0 Å². The average Bonchev–Trinajstić information content (AvgIpc) is 3.41. The zero-order valence-electron chi connectivity index (χ0n) is 14.5. The van der Waals surface area contributed by atoms with Crippen molar-refractivity contribution in [3.8, 4) is 5.69 Å². The molecule has 132 valence electrons. The van der Waals surface area contributed by atoms with Crippen LogP contribution in [-0.4, -0.2) is 32.8 Å². The van der Waals surface area contributed by atoms with Crippen molar-refractivity contribution in [3.63, 3.8) is 0 Å². The zero-order valence-corrected chi connectivity index (χ0v) is 16.1. The number of carbonyl (C=O) groups is 1. The quantitative estimate of drug-likeness (QED) is 0.633. The first kappa shape index (κ1) is 17.0. The monoisotopic (exact) mass is 410 g/mol. The molecule has 1 heterocycles. The molecule has 1 amide bonds. The maximum atomic E-state index is 13.1. The molecule has 0 radical (unpaired) electrons. The molecule has 1 aliphatic rings. The number of para-hydroxylation sites is 1. The van der Waals surface area contributed by atoms with Crippen LogP contribution in [0.1, 0.15) is 40.5 Å². The van der Waals surface area contributed by atoms with E-state index in [9.17, 15) is 4.79 Å². The molecule has 0 spiro atoms. The molecule has 2 aromatic carbocycles. The summed E-state index contributed by atoms with van der Waals surface area (Å²) in [6.45, 7) is 0.516. The van der Waals surface area contributed by atoms with Crippen LogP contribution in [0.25, 0.3) is 5.69 Å². The lowest BCUT2D eigenvalue weighted by atomic mass is 10.1. The van der Waals surface area contributed by atoms with Gasteiger partial charge in [0.15, 0.2) is 5.69 Å². The number of aromatic nitrogens is 3. The molecule has 1 fully saturated rings. The van der Waals surface area contributed by atoms with E-state index >= 15 is 0 Å². The normalized spacial score (nSPS) is 13.6. The molecule has 0 bridgehead atoms. The van der Waals surface area contributed by atoms with Crippen LogP contribution in [0.2, 0.25) is 0 Å². The number of benzene rings is 2. The second-order valence-electron chi connectivity index (χ2n) is 6.60. The topological polar surface area (TPSA) is 51.0 Å². The lowest BCUT2D eigenvalue weighted by Gasteiger charge is -2.17. The SMILES string of the molecule is CN(Cc1ccccc1Br)C(=O)c1nnn(-c2ccccc2)c1C1CC1. The van der Waals surface area contributed by atoms with E-state index in [4.69, 9.17) is 0 Å². The van der Waals surface area contributed by atoms with Gasteiger partial charge in [-0.25, -0.2) is 4.68 Å². The Kier molecular flexibility index (Phi) is 4.59. The third-order valence-corrected chi connectivity index (χ3v) is 5.36. The largest absolute Gasteiger partial charge is 0.336 e. The van der Waals surface area contributed by atoms with Gasteiger partial charge in [0.25, 0.3) is 5.91 Å². The third kappa shape index (κ3) is 3.29. The Hall–Kier alpha value is -2.47. The van der Waals surface area contributed by atoms with Gasteiger partial charge in [0.2, 0.25) is 0 Å². The highest BCUT2D eigenvalue weighted by Gasteiger charge is 2.35. The highest BCUT2D eigenvalue weighted by molar-refractivity contribution is 9.10. The Labute approximate surface area is 160 Å². The molecule has 5 nitrogen and oxygen atoms in total. The molecule has 0 aliphatic heterocycles. The van der Waals surface area contributed by atoms with Crippen LogP contribution in [0.5, 0.6) is 0 Å². The van der Waals surface area contributed by atoms with Crippen LogP contribution >= 0.6 is 15.9 Å². The molecule has 0 N–H and O–H groups in total. The van der Waals surface area contributed by atoms with Crippen LogP contribution in [0.15, 0.2) is 59.1 Å². The molecule has 1 aromatic heterocycles. The van der Waals surface area contributed by atoms with Gasteiger partial charge in [0, 0.05) is 24.0 Å². The van der Waals surface area contributed by atoms with Crippen LogP contribution in [0, 0.1) is 0 Å². The Morgan fingerprint density at radius 3 is 2.54 bits per heavy atom. The summed E-state index contributed by atoms with van der Waals surface area (Å²) < 4.78 is 2.81. The molecule has 0 saturated heterocycles. The molecule has 0 atom stereocenters. The standard InChI is InChI=1S/C20H19BrN4O/c1-24(13-15-7-5-6-10-17(15)21)20(26)18-19(14-11-12-14)25(23-22-18)16-8-3-2-4-9-16/h2-10,14H,11-13H2,1H3. The summed E-state index contributed by atoms with van der Waals surface area (Å²) in [5.74, 6) is 0.269. The van der Waals surface area contributed by atoms with Crippen LogP contribution in [0.3, 0.4) is 0 Å². The Morgan fingerprint density at radius 2 is 1.85 bits per heavy atom. The van der Waals surface area contributed by atoms with E-state index in [0.717, 1.165) is 34.3 Å². The fraction of sp³-hybridized carbons (Fsp3) is 0.250. The molecular weight excluding hydrogens is 392 g/mol. The molecule has 4 rings (SSSR count). The maximum absolute atomic E-state index is 13.1. The van der Waals surface area contributed by atoms with Gasteiger partial charge >= 0.3 is 0 Å². The van der Waals surface area contributed by atoms with E-state index in [0.29, 0.717) is 18.2 Å². The third-order valence-electron chi connectivity index (χ3n) is 4.58. The highest BCUT2D eigenvalue weighted by atomic mass is 79.9. The van der Waals surface area contributed by atoms with Gasteiger partial charge in [-0.05, 0) is 36.6 Å². The van der Waals surface area contributed by atoms with Gasteiger partial charge in [0.1, 0.15) is 0 Å². The van der Waals surface area contributed by atoms with Gasteiger partial charge in [0.05, 0.1) is 11.4 Å². The van der Waals surface area contributed by atoms with Gasteiger partial charge < -0.3 is 4.90 Å². The number of carbonyl (C=O) groups excluding carboxylic acids is 1. The van der Waals surface area contributed by atoms with Gasteiger partial charge in [-0.15, -0.1) is 5.10 Å². The highest BCUT2D eigenvalue weighted by Crippen LogP contribution is 2.42. The van der Waals surface area contributed by atoms with Crippen molar-refractivity contribution >= 4 is 21.8 Å². The fourth-order valence-corrected chi connectivity index (χ4v) is 3.47. The van der Waals surface area contributed by atoms with Crippen molar-refractivity contribution in [2.75, 3.05) is 7.05 Å². The number of nitrogens with zero attached hydrogens (tertiary/aromatic N) is 4. The minimum absolute atomic E-state index is 0.0927. The summed E-state index contributed by atoms with van der Waals surface area (Å²) in [7, 11) is 1.81. The van der Waals surface area contributed by atoms with E-state index in [1.807, 2.05) is 59.3 Å². The predicted octanol–water partition coefficient (Wildman–Crippen LogP) is 4.18. The predicted molar refractivity (Wildman–Crippen MR) is 103 cm³/mol. The van der Waals surface area contributed by atoms with E-state index in [1.54, 1.807) is 11.9 Å². The summed E-state index contributed by atoms with van der Waals surface area (Å²) >= 11 is 3.54. The number of halogens is 1. The lowest BCUT2D eigenvalue weighted by molar-refractivity contribution is 0.0777. The van der Waals surface area contributed by atoms with Crippen LogP contribution < -0.4 is 0 Å². The van der Waals surface area contributed by atoms with Gasteiger partial charge in [-0.3, -0.25) is 4.79 Å². The number of hydrogen-bond acceptors (Lipinski definition) is 3. The minimum atomic E-state index is -0.0927. The zero-order chi connectivity index (χ0) is 18.1. The molecule has 3 aromatic rings. The number of rotatable bonds is 5. The molecule has 1 saturated carbocycles. The minimum Gasteiger partial charge on any atom is -0.336 e. The smallest absolute Gasteiger partial charge is 0.276 e. The van der Waals surface area contributed by atoms with Gasteiger partial charge in [-0.1, -0.05) is 57.5 Å². The van der Waals surface area contributed by atoms with Crippen molar-refractivity contribution < 1.29 is 4.79 Å². The Balaban J connectivity index is 1.64. The summed E-state index contributed by atoms with van der Waals surface area (Å²) in [6.07, 6.45) is 2.16. The first-order valence-corrected chi connectivity index (χ1v) is 9.44. The van der Waals surface area contributed by atoms with Gasteiger partial charge in [-0.2, -0.15) is 0 Å². The van der Waals surface area contributed by atoms with Crippen LogP contribution in [0.4, 0.5) is 0 Å². The van der Waals surface area contributed by atoms with Crippen LogP contribution in [-0.2, 0) is 6.54 Å². The lowest BCUT2D eigenvalue weighted by Crippen LogP contribution is -2.27. The second-order valence-corrected chi connectivity index (χ2v) is 7.45. The first-order chi connectivity index (χ1) is 12.6. The van der Waals surface area contributed by atoms with Crippen molar-refractivity contribution in [1.29, 1.82) is 0 Å². The number of hydrogen-bond donors (Lipinski definition) is 0. The van der Waals surface area contributed by atoms with Crippen molar-refractivity contribution in [2.24, 2.45) is 0 Å². The molecule has 0 unspecified atom stereocenters.